The van der Waals surface area contributed by atoms with Crippen molar-refractivity contribution in [1.82, 2.24) is 29.9 Å². The Morgan fingerprint density at radius 3 is 1.47 bits per heavy atom. The van der Waals surface area contributed by atoms with E-state index >= 15 is 0 Å². The van der Waals surface area contributed by atoms with Gasteiger partial charge in [0.25, 0.3) is 7.49 Å². The summed E-state index contributed by atoms with van der Waals surface area (Å²) in [4.78, 5) is 8.76. The second kappa shape index (κ2) is 11.2. The van der Waals surface area contributed by atoms with Crippen LogP contribution in [0.3, 0.4) is 0 Å². The first kappa shape index (κ1) is 32.8. The molecule has 15 heteroatoms. The third-order valence-corrected chi connectivity index (χ3v) is 11.5. The van der Waals surface area contributed by atoms with Crippen molar-refractivity contribution in [3.63, 3.8) is 0 Å². The van der Waals surface area contributed by atoms with Gasteiger partial charge in [-0.3, -0.25) is 14.7 Å². The van der Waals surface area contributed by atoms with Crippen molar-refractivity contribution in [2.75, 3.05) is 42.3 Å². The SMILES string of the molecule is CCC(N(C)C)[P+](On1nnc2ccccc21)(C(CC)N(C)C)C(CC)N(C)C.F[P-](F)(F)(F)(F)F. The Morgan fingerprint density at radius 2 is 1.14 bits per heavy atom. The number of para-hydroxylation sites is 1. The van der Waals surface area contributed by atoms with Gasteiger partial charge in [-0.15, -0.1) is 5.10 Å². The molecule has 0 saturated heterocycles. The molecule has 0 spiro atoms. The molecule has 2 aromatic rings. The molecule has 0 aliphatic heterocycles. The molecule has 1 aromatic heterocycles. The number of halogens is 6. The fraction of sp³-hybridized carbons (Fsp3) is 0.714. The molecule has 3 unspecified atom stereocenters. The maximum atomic E-state index is 9.87. The minimum atomic E-state index is -10.7. The van der Waals surface area contributed by atoms with Crippen molar-refractivity contribution in [3.05, 3.63) is 24.3 Å². The van der Waals surface area contributed by atoms with Gasteiger partial charge in [-0.05, 0) is 83.7 Å². The van der Waals surface area contributed by atoms with E-state index in [4.69, 9.17) is 4.62 Å². The van der Waals surface area contributed by atoms with Crippen LogP contribution < -0.4 is 4.62 Å². The van der Waals surface area contributed by atoms with Gasteiger partial charge < -0.3 is 0 Å². The predicted molar refractivity (Wildman–Crippen MR) is 138 cm³/mol. The van der Waals surface area contributed by atoms with Crippen LogP contribution in [0.25, 0.3) is 11.0 Å². The molecule has 36 heavy (non-hydrogen) atoms. The molecule has 0 fully saturated rings. The third-order valence-electron chi connectivity index (χ3n) is 5.82. The van der Waals surface area contributed by atoms with Crippen LogP contribution in [0.5, 0.6) is 0 Å². The first-order valence-corrected chi connectivity index (χ1v) is 15.6. The molecule has 0 N–H and O–H groups in total. The molecule has 0 saturated carbocycles. The number of aromatic nitrogens is 3. The molecular formula is C21H40F6N6OP2. The number of rotatable bonds is 11. The number of hydrogen-bond donors (Lipinski definition) is 0. The van der Waals surface area contributed by atoms with E-state index in [0.717, 1.165) is 30.3 Å². The Labute approximate surface area is 210 Å². The molecule has 1 aromatic carbocycles. The van der Waals surface area contributed by atoms with Crippen molar-refractivity contribution >= 4 is 26.3 Å². The molecule has 0 amide bonds. The average Bonchev–Trinajstić information content (AvgIpc) is 3.09. The van der Waals surface area contributed by atoms with Crippen LogP contribution in [0.15, 0.2) is 24.3 Å². The van der Waals surface area contributed by atoms with Crippen LogP contribution in [0.4, 0.5) is 25.2 Å². The normalized spacial score (nSPS) is 18.7. The fourth-order valence-corrected chi connectivity index (χ4v) is 10.6. The molecule has 3 atom stereocenters. The van der Waals surface area contributed by atoms with E-state index in [2.05, 4.69) is 88.1 Å². The summed E-state index contributed by atoms with van der Waals surface area (Å²) in [5.74, 6) is 0.889. The summed E-state index contributed by atoms with van der Waals surface area (Å²) in [5.41, 5.74) is 1.78. The van der Waals surface area contributed by atoms with E-state index in [1.807, 2.05) is 24.3 Å². The molecule has 0 aliphatic carbocycles. The monoisotopic (exact) mass is 568 g/mol. The zero-order valence-electron chi connectivity index (χ0n) is 22.4. The van der Waals surface area contributed by atoms with Crippen molar-refractivity contribution in [2.24, 2.45) is 0 Å². The number of fused-ring (bicyclic) bond motifs is 1. The Bertz CT molecular complexity index is 919. The Morgan fingerprint density at radius 1 is 0.778 bits per heavy atom. The van der Waals surface area contributed by atoms with E-state index in [0.29, 0.717) is 17.3 Å². The Hall–Kier alpha value is -1.26. The molecule has 0 aliphatic rings. The molecule has 7 nitrogen and oxygen atoms in total. The summed E-state index contributed by atoms with van der Waals surface area (Å²) >= 11 is 0. The quantitative estimate of drug-likeness (QED) is 0.214. The zero-order chi connectivity index (χ0) is 28.2. The molecular weight excluding hydrogens is 528 g/mol. The fourth-order valence-electron chi connectivity index (χ4n) is 4.84. The number of nitrogens with zero attached hydrogens (tertiary/aromatic N) is 6. The Kier molecular flexibility index (Phi) is 10.2. The van der Waals surface area contributed by atoms with Gasteiger partial charge in [-0.25, -0.2) is 4.62 Å². The molecule has 212 valence electrons. The van der Waals surface area contributed by atoms with E-state index in [-0.39, 0.29) is 0 Å². The molecule has 2 rings (SSSR count). The third kappa shape index (κ3) is 9.24. The van der Waals surface area contributed by atoms with Crippen molar-refractivity contribution in [3.8, 4) is 0 Å². The first-order valence-electron chi connectivity index (χ1n) is 11.6. The van der Waals surface area contributed by atoms with Crippen LogP contribution in [0.1, 0.15) is 40.0 Å². The minimum absolute atomic E-state index is 0.296. The van der Waals surface area contributed by atoms with Gasteiger partial charge in [0.05, 0.1) is 0 Å². The summed E-state index contributed by atoms with van der Waals surface area (Å²) in [6, 6.07) is 8.02. The number of hydrogen-bond acceptors (Lipinski definition) is 6. The van der Waals surface area contributed by atoms with Crippen LogP contribution >= 0.6 is 15.3 Å². The van der Waals surface area contributed by atoms with Crippen LogP contribution in [-0.2, 0) is 0 Å². The van der Waals surface area contributed by atoms with E-state index in [9.17, 15) is 25.2 Å². The van der Waals surface area contributed by atoms with Gasteiger partial charge in [0.15, 0.2) is 17.3 Å². The summed E-state index contributed by atoms with van der Waals surface area (Å²) < 4.78 is 66.3. The maximum absolute atomic E-state index is 10.7. The van der Waals surface area contributed by atoms with Crippen molar-refractivity contribution < 1.29 is 29.8 Å². The van der Waals surface area contributed by atoms with Gasteiger partial charge in [0.2, 0.25) is 0 Å². The number of benzene rings is 1. The summed E-state index contributed by atoms with van der Waals surface area (Å²) in [6.07, 6.45) is 3.05. The molecule has 0 radical (unpaired) electrons. The standard InChI is InChI=1S/C21H40N6OP.F6P/c1-10-19(24(4)5)29(20(11-2)25(6)7,21(12-3)26(8)9)28-27-18-16-14-13-15-17(18)22-23-27;1-7(2,3,4,5)6/h13-16,19-21H,10-12H2,1-9H3;/q+1;-1. The van der Waals surface area contributed by atoms with Crippen molar-refractivity contribution in [2.45, 2.75) is 57.4 Å². The summed E-state index contributed by atoms with van der Waals surface area (Å²) in [7, 11) is 0.255. The van der Waals surface area contributed by atoms with Crippen LogP contribution in [0, 0.1) is 0 Å². The van der Waals surface area contributed by atoms with Gasteiger partial charge in [0, 0.05) is 0 Å². The summed E-state index contributed by atoms with van der Waals surface area (Å²) in [5, 5.41) is 8.78. The van der Waals surface area contributed by atoms with Gasteiger partial charge in [-0.2, -0.15) is 0 Å². The van der Waals surface area contributed by atoms with E-state index < -0.39 is 15.3 Å². The summed E-state index contributed by atoms with van der Waals surface area (Å²) in [6.45, 7) is 6.81. The zero-order valence-corrected chi connectivity index (χ0v) is 24.2. The van der Waals surface area contributed by atoms with Crippen molar-refractivity contribution in [1.29, 1.82) is 0 Å². The second-order valence-electron chi connectivity index (χ2n) is 9.31. The molecule has 0 bridgehead atoms. The second-order valence-corrected chi connectivity index (χ2v) is 14.7. The molecule has 1 heterocycles. The first-order chi connectivity index (χ1) is 16.2. The van der Waals surface area contributed by atoms with Gasteiger partial charge >= 0.3 is 33.0 Å². The van der Waals surface area contributed by atoms with Crippen LogP contribution in [-0.4, -0.2) is 89.5 Å². The van der Waals surface area contributed by atoms with Gasteiger partial charge in [0.1, 0.15) is 11.0 Å². The topological polar surface area (TPSA) is 49.7 Å². The average molecular weight is 569 g/mol. The van der Waals surface area contributed by atoms with Gasteiger partial charge in [-0.1, -0.05) is 32.9 Å². The van der Waals surface area contributed by atoms with Crippen LogP contribution in [0.2, 0.25) is 0 Å². The Balaban J connectivity index is 0.000000809. The van der Waals surface area contributed by atoms with E-state index in [1.54, 1.807) is 4.85 Å². The predicted octanol–water partition coefficient (Wildman–Crippen LogP) is 7.07. The van der Waals surface area contributed by atoms with E-state index in [1.165, 1.54) is 0 Å².